The first-order chi connectivity index (χ1) is 9.78. The quantitative estimate of drug-likeness (QED) is 0.883. The minimum Gasteiger partial charge on any atom is -0.404 e. The van der Waals surface area contributed by atoms with Crippen molar-refractivity contribution < 1.29 is 26.3 Å². The van der Waals surface area contributed by atoms with E-state index in [1.807, 2.05) is 0 Å². The van der Waals surface area contributed by atoms with Gasteiger partial charge in [0.2, 0.25) is 10.0 Å². The number of hydrogen-bond acceptors (Lipinski definition) is 4. The molecule has 1 aliphatic rings. The average molecular weight is 324 g/mol. The van der Waals surface area contributed by atoms with Gasteiger partial charge in [-0.1, -0.05) is 12.1 Å². The third kappa shape index (κ3) is 4.58. The van der Waals surface area contributed by atoms with Crippen LogP contribution in [0.1, 0.15) is 12.8 Å². The first kappa shape index (κ1) is 16.1. The van der Waals surface area contributed by atoms with Crippen molar-refractivity contribution in [1.29, 1.82) is 0 Å². The molecule has 1 saturated heterocycles. The molecule has 1 aromatic carbocycles. The second kappa shape index (κ2) is 6.20. The molecule has 1 atom stereocenters. The number of halogens is 3. The highest BCUT2D eigenvalue weighted by molar-refractivity contribution is 7.89. The summed E-state index contributed by atoms with van der Waals surface area (Å²) < 4.78 is 67.6. The van der Waals surface area contributed by atoms with Gasteiger partial charge in [-0.15, -0.1) is 13.2 Å². The van der Waals surface area contributed by atoms with Crippen LogP contribution in [-0.2, 0) is 10.0 Å². The van der Waals surface area contributed by atoms with Crippen LogP contribution in [0.2, 0.25) is 0 Å². The summed E-state index contributed by atoms with van der Waals surface area (Å²) in [5, 5.41) is 3.02. The summed E-state index contributed by atoms with van der Waals surface area (Å²) in [4.78, 5) is -0.520. The summed E-state index contributed by atoms with van der Waals surface area (Å²) in [5.41, 5.74) is 0. The summed E-state index contributed by atoms with van der Waals surface area (Å²) in [6, 6.07) is 4.34. The van der Waals surface area contributed by atoms with Gasteiger partial charge in [-0.2, -0.15) is 0 Å². The number of alkyl halides is 3. The van der Waals surface area contributed by atoms with E-state index in [1.54, 1.807) is 0 Å². The largest absolute Gasteiger partial charge is 0.573 e. The molecule has 1 aromatic rings. The fraction of sp³-hybridized carbons (Fsp3) is 0.500. The first-order valence-electron chi connectivity index (χ1n) is 6.36. The fourth-order valence-electron chi connectivity index (χ4n) is 2.12. The molecule has 1 aliphatic heterocycles. The van der Waals surface area contributed by atoms with E-state index in [1.165, 1.54) is 12.1 Å². The standard InChI is InChI=1S/C12H15F3N2O3S/c13-12(14,15)20-10-5-1-2-6-11(10)21(18,19)17-9-4-3-7-16-8-9/h1-2,5-6,9,16-17H,3-4,7-8H2. The molecular weight excluding hydrogens is 309 g/mol. The van der Waals surface area contributed by atoms with Crippen LogP contribution in [0.25, 0.3) is 0 Å². The second-order valence-electron chi connectivity index (χ2n) is 4.66. The van der Waals surface area contributed by atoms with Crippen molar-refractivity contribution >= 4 is 10.0 Å². The zero-order valence-corrected chi connectivity index (χ0v) is 11.8. The maximum absolute atomic E-state index is 12.3. The van der Waals surface area contributed by atoms with E-state index in [2.05, 4.69) is 14.8 Å². The number of sulfonamides is 1. The maximum atomic E-state index is 12.3. The second-order valence-corrected chi connectivity index (χ2v) is 6.34. The Morgan fingerprint density at radius 1 is 1.29 bits per heavy atom. The molecule has 2 N–H and O–H groups in total. The van der Waals surface area contributed by atoms with Gasteiger partial charge in [0.1, 0.15) is 10.6 Å². The van der Waals surface area contributed by atoms with E-state index in [-0.39, 0.29) is 6.04 Å². The smallest absolute Gasteiger partial charge is 0.404 e. The highest BCUT2D eigenvalue weighted by atomic mass is 32.2. The van der Waals surface area contributed by atoms with E-state index in [9.17, 15) is 21.6 Å². The first-order valence-corrected chi connectivity index (χ1v) is 7.84. The van der Waals surface area contributed by atoms with Crippen molar-refractivity contribution in [3.8, 4) is 5.75 Å². The van der Waals surface area contributed by atoms with Gasteiger partial charge in [0.25, 0.3) is 0 Å². The van der Waals surface area contributed by atoms with Crippen LogP contribution in [0, 0.1) is 0 Å². The number of para-hydroxylation sites is 1. The number of benzene rings is 1. The zero-order valence-electron chi connectivity index (χ0n) is 11.0. The molecular formula is C12H15F3N2O3S. The number of ether oxygens (including phenoxy) is 1. The van der Waals surface area contributed by atoms with Crippen molar-refractivity contribution in [3.05, 3.63) is 24.3 Å². The normalized spacial score (nSPS) is 20.2. The van der Waals surface area contributed by atoms with Gasteiger partial charge in [0.15, 0.2) is 0 Å². The average Bonchev–Trinajstić information content (AvgIpc) is 2.38. The number of piperidine rings is 1. The Bertz CT molecular complexity index is 584. The summed E-state index contributed by atoms with van der Waals surface area (Å²) in [6.07, 6.45) is -3.51. The Hall–Kier alpha value is -1.32. The number of nitrogens with one attached hydrogen (secondary N) is 2. The Balaban J connectivity index is 2.23. The van der Waals surface area contributed by atoms with Crippen LogP contribution in [0.15, 0.2) is 29.2 Å². The summed E-state index contributed by atoms with van der Waals surface area (Å²) in [7, 11) is -4.08. The van der Waals surface area contributed by atoms with Crippen LogP contribution < -0.4 is 14.8 Å². The van der Waals surface area contributed by atoms with Crippen molar-refractivity contribution in [2.45, 2.75) is 30.1 Å². The SMILES string of the molecule is O=S(=O)(NC1CCCNC1)c1ccccc1OC(F)(F)F. The lowest BCUT2D eigenvalue weighted by molar-refractivity contribution is -0.275. The van der Waals surface area contributed by atoms with Gasteiger partial charge in [-0.25, -0.2) is 13.1 Å². The lowest BCUT2D eigenvalue weighted by Gasteiger charge is -2.24. The Morgan fingerprint density at radius 3 is 2.62 bits per heavy atom. The summed E-state index contributed by atoms with van der Waals surface area (Å²) in [5.74, 6) is -0.735. The van der Waals surface area contributed by atoms with Gasteiger partial charge in [-0.05, 0) is 31.5 Å². The topological polar surface area (TPSA) is 67.4 Å². The summed E-state index contributed by atoms with van der Waals surface area (Å²) in [6.45, 7) is 1.24. The highest BCUT2D eigenvalue weighted by Crippen LogP contribution is 2.29. The van der Waals surface area contributed by atoms with Crippen molar-refractivity contribution in [2.75, 3.05) is 13.1 Å². The molecule has 21 heavy (non-hydrogen) atoms. The molecule has 5 nitrogen and oxygen atoms in total. The minimum atomic E-state index is -4.95. The molecule has 0 amide bonds. The third-order valence-electron chi connectivity index (χ3n) is 2.98. The van der Waals surface area contributed by atoms with Gasteiger partial charge in [0, 0.05) is 12.6 Å². The Kier molecular flexibility index (Phi) is 4.74. The van der Waals surface area contributed by atoms with E-state index in [0.29, 0.717) is 13.0 Å². The number of hydrogen-bond donors (Lipinski definition) is 2. The van der Waals surface area contributed by atoms with E-state index in [4.69, 9.17) is 0 Å². The minimum absolute atomic E-state index is 0.345. The van der Waals surface area contributed by atoms with Gasteiger partial charge in [-0.3, -0.25) is 0 Å². The maximum Gasteiger partial charge on any atom is 0.573 e. The molecule has 0 spiro atoms. The van der Waals surface area contributed by atoms with Gasteiger partial charge in [0.05, 0.1) is 0 Å². The van der Waals surface area contributed by atoms with Crippen LogP contribution in [0.3, 0.4) is 0 Å². The molecule has 118 valence electrons. The predicted octanol–water partition coefficient (Wildman–Crippen LogP) is 1.62. The fourth-order valence-corrected chi connectivity index (χ4v) is 3.52. The summed E-state index contributed by atoms with van der Waals surface area (Å²) >= 11 is 0. The van der Waals surface area contributed by atoms with Crippen LogP contribution in [0.5, 0.6) is 5.75 Å². The molecule has 0 saturated carbocycles. The molecule has 9 heteroatoms. The van der Waals surface area contributed by atoms with E-state index < -0.39 is 27.0 Å². The molecule has 1 heterocycles. The van der Waals surface area contributed by atoms with Crippen LogP contribution in [-0.4, -0.2) is 33.9 Å². The monoisotopic (exact) mass is 324 g/mol. The lowest BCUT2D eigenvalue weighted by Crippen LogP contribution is -2.45. The highest BCUT2D eigenvalue weighted by Gasteiger charge is 2.34. The Labute approximate surface area is 120 Å². The van der Waals surface area contributed by atoms with Gasteiger partial charge < -0.3 is 10.1 Å². The van der Waals surface area contributed by atoms with Crippen molar-refractivity contribution in [2.24, 2.45) is 0 Å². The Morgan fingerprint density at radius 2 is 2.00 bits per heavy atom. The van der Waals surface area contributed by atoms with E-state index >= 15 is 0 Å². The predicted molar refractivity (Wildman–Crippen MR) is 69.3 cm³/mol. The van der Waals surface area contributed by atoms with Crippen LogP contribution >= 0.6 is 0 Å². The molecule has 0 aliphatic carbocycles. The zero-order chi connectivity index (χ0) is 15.5. The van der Waals surface area contributed by atoms with Crippen molar-refractivity contribution in [3.63, 3.8) is 0 Å². The van der Waals surface area contributed by atoms with Crippen molar-refractivity contribution in [1.82, 2.24) is 10.0 Å². The van der Waals surface area contributed by atoms with Crippen LogP contribution in [0.4, 0.5) is 13.2 Å². The number of rotatable bonds is 4. The van der Waals surface area contributed by atoms with Gasteiger partial charge >= 0.3 is 6.36 Å². The molecule has 0 bridgehead atoms. The molecule has 0 aromatic heterocycles. The molecule has 1 fully saturated rings. The third-order valence-corrected chi connectivity index (χ3v) is 4.54. The lowest BCUT2D eigenvalue weighted by atomic mass is 10.1. The van der Waals surface area contributed by atoms with E-state index in [0.717, 1.165) is 25.1 Å². The molecule has 1 unspecified atom stereocenters. The molecule has 2 rings (SSSR count). The molecule has 0 radical (unpaired) electrons.